The van der Waals surface area contributed by atoms with Gasteiger partial charge in [0.2, 0.25) is 5.91 Å². The van der Waals surface area contributed by atoms with Crippen LogP contribution < -0.4 is 4.74 Å². The molecule has 0 fully saturated rings. The van der Waals surface area contributed by atoms with E-state index in [9.17, 15) is 9.59 Å². The lowest BCUT2D eigenvalue weighted by Crippen LogP contribution is -2.45. The molecule has 0 radical (unpaired) electrons. The van der Waals surface area contributed by atoms with E-state index in [1.807, 2.05) is 32.0 Å². The Morgan fingerprint density at radius 1 is 0.972 bits per heavy atom. The van der Waals surface area contributed by atoms with Crippen molar-refractivity contribution < 1.29 is 49.6 Å². The van der Waals surface area contributed by atoms with Crippen LogP contribution in [0.4, 0.5) is 0 Å². The molecule has 0 saturated heterocycles. The van der Waals surface area contributed by atoms with E-state index in [0.717, 1.165) is 10.9 Å². The second kappa shape index (κ2) is 15.3. The lowest BCUT2D eigenvalue weighted by Gasteiger charge is -2.31. The number of rotatable bonds is 17. The van der Waals surface area contributed by atoms with Gasteiger partial charge in [-0.15, -0.1) is 0 Å². The van der Waals surface area contributed by atoms with Gasteiger partial charge in [0, 0.05) is 36.0 Å². The van der Waals surface area contributed by atoms with Gasteiger partial charge in [-0.2, -0.15) is 0 Å². The lowest BCUT2D eigenvalue weighted by molar-refractivity contribution is -0.492. The number of ether oxygens (including phenoxy) is 2. The lowest BCUT2D eigenvalue weighted by atomic mass is 10.2. The maximum Gasteiger partial charge on any atom is 0.306 e. The Bertz CT molecular complexity index is 936. The van der Waals surface area contributed by atoms with Crippen molar-refractivity contribution in [2.75, 3.05) is 26.4 Å². The van der Waals surface area contributed by atoms with Gasteiger partial charge in [-0.25, -0.2) is 0 Å². The molecule has 202 valence electrons. The summed E-state index contributed by atoms with van der Waals surface area (Å²) in [4.78, 5) is 38.8. The number of fused-ring (bicyclic) bond motifs is 1. The number of hydrogen-bond acceptors (Lipinski definition) is 12. The third-order valence-corrected chi connectivity index (χ3v) is 5.10. The molecule has 0 saturated carbocycles. The fourth-order valence-electron chi connectivity index (χ4n) is 3.43. The summed E-state index contributed by atoms with van der Waals surface area (Å²) < 4.78 is 11.6. The minimum absolute atomic E-state index is 0.0167. The van der Waals surface area contributed by atoms with Gasteiger partial charge >= 0.3 is 5.97 Å². The average Bonchev–Trinajstić information content (AvgIpc) is 3.30. The van der Waals surface area contributed by atoms with Crippen molar-refractivity contribution in [3.63, 3.8) is 0 Å². The quantitative estimate of drug-likeness (QED) is 0.118. The van der Waals surface area contributed by atoms with Gasteiger partial charge in [-0.3, -0.25) is 40.1 Å². The Labute approximate surface area is 207 Å². The molecule has 0 aliphatic heterocycles. The number of hydrogen-bond donors (Lipinski definition) is 5. The van der Waals surface area contributed by atoms with Crippen molar-refractivity contribution in [2.24, 2.45) is 0 Å². The van der Waals surface area contributed by atoms with E-state index >= 15 is 0 Å². The fraction of sp³-hybridized carbons (Fsp3) is 0.545. The van der Waals surface area contributed by atoms with Crippen LogP contribution in [0.3, 0.4) is 0 Å². The smallest absolute Gasteiger partial charge is 0.306 e. The summed E-state index contributed by atoms with van der Waals surface area (Å²) in [5.41, 5.74) is 0.883. The summed E-state index contributed by atoms with van der Waals surface area (Å²) in [5.74, 6) is -0.208. The summed E-state index contributed by atoms with van der Waals surface area (Å²) in [7, 11) is 0. The van der Waals surface area contributed by atoms with Crippen LogP contribution in [0.2, 0.25) is 0 Å². The Balaban J connectivity index is 2.04. The summed E-state index contributed by atoms with van der Waals surface area (Å²) in [5, 5.41) is 34.4. The van der Waals surface area contributed by atoms with Gasteiger partial charge in [0.25, 0.3) is 0 Å². The molecule has 1 aromatic heterocycles. The van der Waals surface area contributed by atoms with Crippen LogP contribution in [-0.2, 0) is 24.0 Å². The highest BCUT2D eigenvalue weighted by atomic mass is 17.1. The van der Waals surface area contributed by atoms with E-state index in [4.69, 9.17) is 30.3 Å². The first-order valence-corrected chi connectivity index (χ1v) is 11.5. The third kappa shape index (κ3) is 10.4. The summed E-state index contributed by atoms with van der Waals surface area (Å²) >= 11 is 0. The SMILES string of the molecule is CC(C)N(CC(COc1cccc2[nH]ccc12)OC(=O)CCCON(O)O)C(=O)CCCON(O)O. The number of H-pyrrole nitrogens is 1. The molecule has 36 heavy (non-hydrogen) atoms. The van der Waals surface area contributed by atoms with E-state index in [-0.39, 0.29) is 64.0 Å². The highest BCUT2D eigenvalue weighted by Crippen LogP contribution is 2.25. The molecular weight excluding hydrogens is 480 g/mol. The number of nitrogens with zero attached hydrogens (tertiary/aromatic N) is 3. The summed E-state index contributed by atoms with van der Waals surface area (Å²) in [6.07, 6.45) is 1.42. The molecule has 5 N–H and O–H groups in total. The Kier molecular flexibility index (Phi) is 12.5. The normalized spacial score (nSPS) is 12.5. The first-order valence-electron chi connectivity index (χ1n) is 11.5. The second-order valence-corrected chi connectivity index (χ2v) is 8.14. The number of benzene rings is 1. The molecule has 1 atom stereocenters. The minimum atomic E-state index is -0.798. The van der Waals surface area contributed by atoms with Crippen molar-refractivity contribution in [1.29, 1.82) is 0 Å². The summed E-state index contributed by atoms with van der Waals surface area (Å²) in [6.45, 7) is 3.51. The molecular formula is C22H34N4O10. The third-order valence-electron chi connectivity index (χ3n) is 5.10. The van der Waals surface area contributed by atoms with E-state index in [1.54, 1.807) is 17.2 Å². The zero-order valence-electron chi connectivity index (χ0n) is 20.3. The predicted molar refractivity (Wildman–Crippen MR) is 122 cm³/mol. The molecule has 0 aliphatic rings. The van der Waals surface area contributed by atoms with Crippen molar-refractivity contribution in [3.8, 4) is 5.75 Å². The number of aromatic nitrogens is 1. The zero-order chi connectivity index (χ0) is 26.5. The van der Waals surface area contributed by atoms with Crippen LogP contribution >= 0.6 is 0 Å². The number of nitrogens with one attached hydrogen (secondary N) is 1. The zero-order valence-corrected chi connectivity index (χ0v) is 20.3. The van der Waals surface area contributed by atoms with Gasteiger partial charge < -0.3 is 19.4 Å². The highest BCUT2D eigenvalue weighted by molar-refractivity contribution is 5.85. The van der Waals surface area contributed by atoms with Crippen LogP contribution in [0.1, 0.15) is 39.5 Å². The van der Waals surface area contributed by atoms with Crippen molar-refractivity contribution in [2.45, 2.75) is 51.7 Å². The predicted octanol–water partition coefficient (Wildman–Crippen LogP) is 2.28. The largest absolute Gasteiger partial charge is 0.489 e. The molecule has 1 amide bonds. The van der Waals surface area contributed by atoms with Crippen molar-refractivity contribution in [1.82, 2.24) is 20.7 Å². The minimum Gasteiger partial charge on any atom is -0.489 e. The van der Waals surface area contributed by atoms with Crippen molar-refractivity contribution in [3.05, 3.63) is 30.5 Å². The molecule has 1 aromatic carbocycles. The number of aromatic amines is 1. The van der Waals surface area contributed by atoms with E-state index in [0.29, 0.717) is 5.75 Å². The topological polar surface area (TPSA) is 177 Å². The molecule has 0 spiro atoms. The fourth-order valence-corrected chi connectivity index (χ4v) is 3.43. The maximum absolute atomic E-state index is 12.8. The molecule has 0 aliphatic carbocycles. The van der Waals surface area contributed by atoms with Gasteiger partial charge in [-0.05, 0) is 44.9 Å². The molecule has 1 heterocycles. The molecule has 2 rings (SSSR count). The van der Waals surface area contributed by atoms with Crippen LogP contribution in [0.15, 0.2) is 30.5 Å². The van der Waals surface area contributed by atoms with Gasteiger partial charge in [-0.1, -0.05) is 6.07 Å². The highest BCUT2D eigenvalue weighted by Gasteiger charge is 2.25. The summed E-state index contributed by atoms with van der Waals surface area (Å²) in [6, 6.07) is 7.17. The number of carbonyl (C=O) groups is 2. The van der Waals surface area contributed by atoms with E-state index in [2.05, 4.69) is 14.7 Å². The van der Waals surface area contributed by atoms with Gasteiger partial charge in [0.05, 0.1) is 30.5 Å². The molecule has 2 aromatic rings. The number of carbonyl (C=O) groups excluding carboxylic acids is 2. The second-order valence-electron chi connectivity index (χ2n) is 8.14. The Morgan fingerprint density at radius 2 is 1.64 bits per heavy atom. The Hall–Kier alpha value is -2.82. The van der Waals surface area contributed by atoms with E-state index < -0.39 is 22.9 Å². The monoisotopic (exact) mass is 514 g/mol. The van der Waals surface area contributed by atoms with Crippen LogP contribution in [0.25, 0.3) is 10.9 Å². The maximum atomic E-state index is 12.8. The van der Waals surface area contributed by atoms with Crippen LogP contribution in [-0.4, -0.2) is 91.9 Å². The first kappa shape index (κ1) is 29.4. The molecule has 0 bridgehead atoms. The van der Waals surface area contributed by atoms with Gasteiger partial charge in [0.15, 0.2) is 6.10 Å². The standard InChI is InChI=1S/C22H34N4O10/c1-16(2)24(21(27)8-4-12-34-25(29)30)14-17(36-22(28)9-5-13-35-26(31)32)15-33-20-7-3-6-19-18(20)10-11-23-19/h3,6-7,10-11,16-17,23,29-32H,4-5,8-9,12-15H2,1-2H3. The molecule has 14 nitrogen and oxygen atoms in total. The van der Waals surface area contributed by atoms with Crippen LogP contribution in [0, 0.1) is 0 Å². The number of amides is 1. The van der Waals surface area contributed by atoms with Crippen LogP contribution in [0.5, 0.6) is 5.75 Å². The molecule has 1 unspecified atom stereocenters. The number of esters is 1. The first-order chi connectivity index (χ1) is 17.2. The van der Waals surface area contributed by atoms with Crippen molar-refractivity contribution >= 4 is 22.8 Å². The average molecular weight is 515 g/mol. The van der Waals surface area contributed by atoms with Gasteiger partial charge in [0.1, 0.15) is 12.4 Å². The Morgan fingerprint density at radius 3 is 2.28 bits per heavy atom. The van der Waals surface area contributed by atoms with E-state index in [1.165, 1.54) is 0 Å². The molecule has 14 heteroatoms.